The van der Waals surface area contributed by atoms with E-state index in [2.05, 4.69) is 24.5 Å². The van der Waals surface area contributed by atoms with Crippen molar-refractivity contribution in [3.8, 4) is 0 Å². The number of rotatable bonds is 10. The zero-order valence-corrected chi connectivity index (χ0v) is 16.2. The smallest absolute Gasteiger partial charge is 0.144 e. The minimum absolute atomic E-state index is 0.177. The maximum Gasteiger partial charge on any atom is 0.144 e. The third-order valence-electron chi connectivity index (χ3n) is 4.64. The van der Waals surface area contributed by atoms with Crippen LogP contribution in [0.1, 0.15) is 40.0 Å². The molecule has 0 fully saturated rings. The van der Waals surface area contributed by atoms with Gasteiger partial charge in [0, 0.05) is 29.4 Å². The molecule has 140 valence electrons. The van der Waals surface area contributed by atoms with E-state index in [1.165, 1.54) is 0 Å². The van der Waals surface area contributed by atoms with Gasteiger partial charge in [-0.1, -0.05) is 26.3 Å². The Labute approximate surface area is 151 Å². The molecule has 2 N–H and O–H groups in total. The van der Waals surface area contributed by atoms with Crippen LogP contribution < -0.4 is 10.6 Å². The van der Waals surface area contributed by atoms with E-state index < -0.39 is 0 Å². The van der Waals surface area contributed by atoms with Crippen molar-refractivity contribution in [2.45, 2.75) is 40.0 Å². The topological polar surface area (TPSA) is 44.4 Å². The van der Waals surface area contributed by atoms with Crippen LogP contribution >= 0.6 is 0 Å². The fourth-order valence-electron chi connectivity index (χ4n) is 3.13. The van der Waals surface area contributed by atoms with Crippen molar-refractivity contribution < 1.29 is 9.18 Å². The lowest BCUT2D eigenvalue weighted by Gasteiger charge is -2.34. The summed E-state index contributed by atoms with van der Waals surface area (Å²) in [6.07, 6.45) is 10.7. The number of halogens is 1. The summed E-state index contributed by atoms with van der Waals surface area (Å²) < 4.78 is 14.4. The van der Waals surface area contributed by atoms with Gasteiger partial charge < -0.3 is 15.5 Å². The maximum absolute atomic E-state index is 14.4. The van der Waals surface area contributed by atoms with Crippen molar-refractivity contribution in [3.63, 3.8) is 0 Å². The predicted molar refractivity (Wildman–Crippen MR) is 103 cm³/mol. The number of likely N-dealkylation sites (N-methyl/N-ethyl adjacent to an activating group) is 1. The van der Waals surface area contributed by atoms with Gasteiger partial charge in [0.2, 0.25) is 0 Å². The van der Waals surface area contributed by atoms with Gasteiger partial charge in [0.15, 0.2) is 0 Å². The van der Waals surface area contributed by atoms with Gasteiger partial charge in [0.05, 0.1) is 6.54 Å². The number of hydrogen-bond donors (Lipinski definition) is 2. The number of hydrogen-bond acceptors (Lipinski definition) is 4. The van der Waals surface area contributed by atoms with Crippen molar-refractivity contribution in [1.29, 1.82) is 0 Å². The number of carbonyl (C=O) groups excluding carboxylic acids is 1. The Balaban J connectivity index is 3.14. The summed E-state index contributed by atoms with van der Waals surface area (Å²) in [5.41, 5.74) is 1.89. The highest BCUT2D eigenvalue weighted by Crippen LogP contribution is 2.35. The van der Waals surface area contributed by atoms with Crippen LogP contribution in [-0.4, -0.2) is 38.4 Å². The van der Waals surface area contributed by atoms with E-state index >= 15 is 0 Å². The summed E-state index contributed by atoms with van der Waals surface area (Å²) in [4.78, 5) is 13.0. The van der Waals surface area contributed by atoms with Crippen LogP contribution in [-0.2, 0) is 4.79 Å². The molecule has 0 amide bonds. The molecule has 0 radical (unpaired) electrons. The van der Waals surface area contributed by atoms with Crippen LogP contribution in [0.4, 0.5) is 4.39 Å². The highest BCUT2D eigenvalue weighted by atomic mass is 19.1. The molecule has 0 aromatic rings. The molecular formula is C20H32FN3O. The van der Waals surface area contributed by atoms with Gasteiger partial charge in [0.1, 0.15) is 12.1 Å². The van der Waals surface area contributed by atoms with Gasteiger partial charge in [-0.15, -0.1) is 0 Å². The SMILES string of the molecule is C/C=C(\N/C(=C/C=O)C(C)(CCC)CCNC)C1=C(F)CN(C)C=C1. The fourth-order valence-corrected chi connectivity index (χ4v) is 3.13. The normalized spacial score (nSPS) is 18.4. The first-order valence-corrected chi connectivity index (χ1v) is 8.93. The maximum atomic E-state index is 14.4. The minimum Gasteiger partial charge on any atom is -0.374 e. The van der Waals surface area contributed by atoms with Crippen LogP contribution in [0.5, 0.6) is 0 Å². The molecule has 1 rings (SSSR count). The molecule has 0 aromatic heterocycles. The molecule has 0 bridgehead atoms. The van der Waals surface area contributed by atoms with E-state index in [1.807, 2.05) is 33.3 Å². The average molecular weight is 349 g/mol. The summed E-state index contributed by atoms with van der Waals surface area (Å²) in [6.45, 7) is 7.26. The summed E-state index contributed by atoms with van der Waals surface area (Å²) in [5, 5.41) is 6.53. The second kappa shape index (κ2) is 10.2. The predicted octanol–water partition coefficient (Wildman–Crippen LogP) is 3.66. The van der Waals surface area contributed by atoms with Gasteiger partial charge in [0.25, 0.3) is 0 Å². The van der Waals surface area contributed by atoms with E-state index in [-0.39, 0.29) is 17.8 Å². The fraction of sp³-hybridized carbons (Fsp3) is 0.550. The second-order valence-corrected chi connectivity index (χ2v) is 6.76. The highest BCUT2D eigenvalue weighted by Gasteiger charge is 2.29. The minimum atomic E-state index is -0.181. The van der Waals surface area contributed by atoms with Crippen molar-refractivity contribution in [2.75, 3.05) is 27.2 Å². The Morgan fingerprint density at radius 1 is 1.44 bits per heavy atom. The lowest BCUT2D eigenvalue weighted by atomic mass is 9.78. The molecule has 1 unspecified atom stereocenters. The van der Waals surface area contributed by atoms with Crippen LogP contribution in [0.3, 0.4) is 0 Å². The summed E-state index contributed by atoms with van der Waals surface area (Å²) in [7, 11) is 3.76. The lowest BCUT2D eigenvalue weighted by Crippen LogP contribution is -2.33. The van der Waals surface area contributed by atoms with Crippen LogP contribution in [0.25, 0.3) is 0 Å². The molecule has 5 heteroatoms. The third kappa shape index (κ3) is 5.85. The lowest BCUT2D eigenvalue weighted by molar-refractivity contribution is -0.104. The zero-order valence-electron chi connectivity index (χ0n) is 16.2. The molecule has 1 heterocycles. The Kier molecular flexibility index (Phi) is 8.62. The zero-order chi connectivity index (χ0) is 18.9. The summed E-state index contributed by atoms with van der Waals surface area (Å²) in [5.74, 6) is -0.177. The molecule has 25 heavy (non-hydrogen) atoms. The largest absolute Gasteiger partial charge is 0.374 e. The number of nitrogens with one attached hydrogen (secondary N) is 2. The molecule has 1 atom stereocenters. The van der Waals surface area contributed by atoms with Crippen molar-refractivity contribution in [3.05, 3.63) is 47.2 Å². The Bertz CT molecular complexity index is 577. The van der Waals surface area contributed by atoms with Gasteiger partial charge in [-0.05, 0) is 51.7 Å². The number of aldehydes is 1. The molecule has 1 aliphatic heterocycles. The quantitative estimate of drug-likeness (QED) is 0.467. The standard InChI is InChI=1S/C20H32FN3O/c1-6-10-20(3,11-12-22-4)19(9-14-25)23-18(7-2)16-8-13-24(5)15-17(16)21/h7-9,13-14,22-23H,6,10-12,15H2,1-5H3/b18-7-,19-9+. The van der Waals surface area contributed by atoms with Crippen LogP contribution in [0, 0.1) is 5.41 Å². The molecule has 0 spiro atoms. The average Bonchev–Trinajstić information content (AvgIpc) is 2.57. The first-order chi connectivity index (χ1) is 11.9. The van der Waals surface area contributed by atoms with E-state index in [0.29, 0.717) is 11.3 Å². The molecule has 1 aliphatic rings. The van der Waals surface area contributed by atoms with Crippen LogP contribution in [0.2, 0.25) is 0 Å². The molecule has 0 saturated heterocycles. The van der Waals surface area contributed by atoms with Gasteiger partial charge in [-0.3, -0.25) is 4.79 Å². The molecule has 0 saturated carbocycles. The number of allylic oxidation sites excluding steroid dienone is 4. The van der Waals surface area contributed by atoms with Crippen LogP contribution in [0.15, 0.2) is 47.2 Å². The Hall–Kier alpha value is -1.88. The molecule has 0 aromatic carbocycles. The van der Waals surface area contributed by atoms with Gasteiger partial charge in [-0.2, -0.15) is 0 Å². The Morgan fingerprint density at radius 3 is 2.68 bits per heavy atom. The first-order valence-electron chi connectivity index (χ1n) is 8.93. The van der Waals surface area contributed by atoms with E-state index in [0.717, 1.165) is 37.8 Å². The number of nitrogens with zero attached hydrogens (tertiary/aromatic N) is 1. The molecular weight excluding hydrogens is 317 g/mol. The summed E-state index contributed by atoms with van der Waals surface area (Å²) in [6, 6.07) is 0. The second-order valence-electron chi connectivity index (χ2n) is 6.76. The monoisotopic (exact) mass is 349 g/mol. The van der Waals surface area contributed by atoms with E-state index in [4.69, 9.17) is 0 Å². The Morgan fingerprint density at radius 2 is 2.16 bits per heavy atom. The third-order valence-corrected chi connectivity index (χ3v) is 4.64. The highest BCUT2D eigenvalue weighted by molar-refractivity contribution is 5.67. The van der Waals surface area contributed by atoms with Crippen molar-refractivity contribution in [2.24, 2.45) is 5.41 Å². The summed E-state index contributed by atoms with van der Waals surface area (Å²) >= 11 is 0. The van der Waals surface area contributed by atoms with E-state index in [9.17, 15) is 9.18 Å². The number of carbonyl (C=O) groups is 1. The molecule has 0 aliphatic carbocycles. The molecule has 4 nitrogen and oxygen atoms in total. The van der Waals surface area contributed by atoms with Gasteiger partial charge >= 0.3 is 0 Å². The van der Waals surface area contributed by atoms with Crippen molar-refractivity contribution in [1.82, 2.24) is 15.5 Å². The van der Waals surface area contributed by atoms with E-state index in [1.54, 1.807) is 17.1 Å². The van der Waals surface area contributed by atoms with Crippen molar-refractivity contribution >= 4 is 6.29 Å². The first kappa shape index (κ1) is 21.2. The van der Waals surface area contributed by atoms with Gasteiger partial charge in [-0.25, -0.2) is 4.39 Å².